The Bertz CT molecular complexity index is 1250. The van der Waals surface area contributed by atoms with Crippen LogP contribution in [-0.4, -0.2) is 87.2 Å². The third-order valence-corrected chi connectivity index (χ3v) is 9.44. The zero-order valence-corrected chi connectivity index (χ0v) is 28.1. The van der Waals surface area contributed by atoms with E-state index in [2.05, 4.69) is 10.6 Å². The van der Waals surface area contributed by atoms with Gasteiger partial charge in [-0.2, -0.15) is 13.2 Å². The van der Waals surface area contributed by atoms with Crippen molar-refractivity contribution >= 4 is 58.7 Å². The second-order valence-electron chi connectivity index (χ2n) is 14.4. The fourth-order valence-electron chi connectivity index (χ4n) is 5.80. The Morgan fingerprint density at radius 2 is 1.54 bits per heavy atom. The van der Waals surface area contributed by atoms with Crippen molar-refractivity contribution in [3.05, 3.63) is 0 Å². The molecule has 1 heterocycles. The number of nitrogens with one attached hydrogen (secondary N) is 3. The van der Waals surface area contributed by atoms with Gasteiger partial charge in [-0.15, -0.1) is 23.2 Å². The van der Waals surface area contributed by atoms with Crippen molar-refractivity contribution < 1.29 is 46.7 Å². The number of carbonyl (C=O) groups excluding carboxylic acids is 6. The molecule has 17 heteroatoms. The summed E-state index contributed by atoms with van der Waals surface area (Å²) in [5.74, 6) is -6.30. The average Bonchev–Trinajstić information content (AvgIpc) is 3.17. The van der Waals surface area contributed by atoms with Gasteiger partial charge < -0.3 is 31.3 Å². The third-order valence-electron chi connectivity index (χ3n) is 8.37. The smallest absolute Gasteiger partial charge is 0.391 e. The summed E-state index contributed by atoms with van der Waals surface area (Å²) in [7, 11) is 0. The molecule has 0 aromatic heterocycles. The number of amides is 5. The zero-order chi connectivity index (χ0) is 35.2. The summed E-state index contributed by atoms with van der Waals surface area (Å²) in [4.78, 5) is 78.7. The predicted molar refractivity (Wildman–Crippen MR) is 160 cm³/mol. The predicted octanol–water partition coefficient (Wildman–Crippen LogP) is 2.72. The van der Waals surface area contributed by atoms with Crippen molar-refractivity contribution in [3.63, 3.8) is 0 Å². The average molecular weight is 701 g/mol. The first kappa shape index (κ1) is 37.6. The van der Waals surface area contributed by atoms with E-state index in [1.165, 1.54) is 20.8 Å². The van der Waals surface area contributed by atoms with Crippen LogP contribution in [0.5, 0.6) is 0 Å². The van der Waals surface area contributed by atoms with Gasteiger partial charge in [0.2, 0.25) is 17.6 Å². The molecule has 1 saturated heterocycles. The minimum atomic E-state index is -4.84. The van der Waals surface area contributed by atoms with Gasteiger partial charge in [-0.25, -0.2) is 9.59 Å². The Balaban J connectivity index is 1.83. The molecule has 3 rings (SSSR count). The Hall–Kier alpha value is -2.81. The molecule has 3 aliphatic rings. The number of carbonyl (C=O) groups is 6. The van der Waals surface area contributed by atoms with E-state index in [0.29, 0.717) is 0 Å². The van der Waals surface area contributed by atoms with Crippen LogP contribution in [0.25, 0.3) is 0 Å². The Labute approximate surface area is 275 Å². The van der Waals surface area contributed by atoms with Crippen LogP contribution in [0.15, 0.2) is 0 Å². The van der Waals surface area contributed by atoms with Gasteiger partial charge in [-0.05, 0) is 38.5 Å². The number of alkyl halides is 5. The van der Waals surface area contributed by atoms with Gasteiger partial charge in [0.1, 0.15) is 28.1 Å². The molecule has 46 heavy (non-hydrogen) atoms. The second-order valence-corrected chi connectivity index (χ2v) is 15.8. The molecule has 1 aliphatic heterocycles. The number of rotatable bonds is 11. The van der Waals surface area contributed by atoms with Gasteiger partial charge in [0, 0.05) is 18.4 Å². The SMILES string of the molecule is CC(C)(C)OC(=O)[C@H](CC(F)(F)F)NC(=O)N[C@H](C(=O)N1C[C@H]2[C@@H]([C@H]1C(=O)NC(CC1CCC1)C(=O)C(N)=O)C2(Cl)Cl)C(C)(C)C. The molecule has 5 N–H and O–H groups in total. The number of fused-ring (bicyclic) bond motifs is 1. The molecule has 0 aromatic carbocycles. The number of urea groups is 1. The van der Waals surface area contributed by atoms with Crippen molar-refractivity contribution in [3.8, 4) is 0 Å². The van der Waals surface area contributed by atoms with Crippen LogP contribution >= 0.6 is 23.2 Å². The van der Waals surface area contributed by atoms with E-state index in [0.717, 1.165) is 24.2 Å². The quantitative estimate of drug-likeness (QED) is 0.146. The minimum Gasteiger partial charge on any atom is -0.458 e. The fraction of sp³-hybridized carbons (Fsp3) is 0.793. The van der Waals surface area contributed by atoms with E-state index in [-0.39, 0.29) is 18.9 Å². The highest BCUT2D eigenvalue weighted by molar-refractivity contribution is 6.51. The lowest BCUT2D eigenvalue weighted by atomic mass is 9.80. The molecule has 0 spiro atoms. The van der Waals surface area contributed by atoms with Gasteiger partial charge in [0.25, 0.3) is 5.91 Å². The molecule has 3 fully saturated rings. The Kier molecular flexibility index (Phi) is 10.9. The van der Waals surface area contributed by atoms with Crippen LogP contribution in [0.1, 0.15) is 73.6 Å². The first-order valence-corrected chi connectivity index (χ1v) is 15.8. The molecule has 6 atom stereocenters. The largest absolute Gasteiger partial charge is 0.458 e. The number of likely N-dealkylation sites (tertiary alicyclic amines) is 1. The molecule has 260 valence electrons. The van der Waals surface area contributed by atoms with Crippen LogP contribution in [-0.2, 0) is 28.7 Å². The van der Waals surface area contributed by atoms with Crippen LogP contribution in [0.2, 0.25) is 0 Å². The number of piperidine rings is 1. The van der Waals surface area contributed by atoms with Crippen LogP contribution in [0, 0.1) is 23.2 Å². The fourth-order valence-corrected chi connectivity index (χ4v) is 6.62. The number of Topliss-reactive ketones (excluding diaryl/α,β-unsaturated/α-hetero) is 1. The molecule has 0 aromatic rings. The van der Waals surface area contributed by atoms with Gasteiger partial charge in [-0.3, -0.25) is 19.2 Å². The first-order valence-electron chi connectivity index (χ1n) is 15.0. The van der Waals surface area contributed by atoms with E-state index in [1.54, 1.807) is 20.8 Å². The van der Waals surface area contributed by atoms with Crippen LogP contribution in [0.4, 0.5) is 18.0 Å². The maximum atomic E-state index is 14.0. The zero-order valence-electron chi connectivity index (χ0n) is 26.6. The van der Waals surface area contributed by atoms with E-state index < -0.39 is 99.5 Å². The minimum absolute atomic E-state index is 0.0959. The normalized spacial score (nSPS) is 24.4. The van der Waals surface area contributed by atoms with Crippen molar-refractivity contribution in [2.75, 3.05) is 6.54 Å². The lowest BCUT2D eigenvalue weighted by Crippen LogP contribution is -2.62. The maximum Gasteiger partial charge on any atom is 0.391 e. The monoisotopic (exact) mass is 699 g/mol. The lowest BCUT2D eigenvalue weighted by molar-refractivity contribution is -0.170. The second kappa shape index (κ2) is 13.4. The number of hydrogen-bond acceptors (Lipinski definition) is 7. The highest BCUT2D eigenvalue weighted by Gasteiger charge is 2.74. The number of esters is 1. The number of ether oxygens (including phenoxy) is 1. The summed E-state index contributed by atoms with van der Waals surface area (Å²) in [6.07, 6.45) is -3.83. The van der Waals surface area contributed by atoms with Crippen molar-refractivity contribution in [2.24, 2.45) is 28.9 Å². The third kappa shape index (κ3) is 9.17. The number of nitrogens with zero attached hydrogens (tertiary/aromatic N) is 1. The van der Waals surface area contributed by atoms with E-state index in [4.69, 9.17) is 33.7 Å². The molecule has 5 amide bonds. The highest BCUT2D eigenvalue weighted by Crippen LogP contribution is 2.65. The number of halogens is 5. The van der Waals surface area contributed by atoms with E-state index >= 15 is 0 Å². The summed E-state index contributed by atoms with van der Waals surface area (Å²) in [5.41, 5.74) is 3.02. The summed E-state index contributed by atoms with van der Waals surface area (Å²) < 4.78 is 43.5. The van der Waals surface area contributed by atoms with Gasteiger partial charge >= 0.3 is 18.2 Å². The van der Waals surface area contributed by atoms with E-state index in [1.807, 2.05) is 5.32 Å². The van der Waals surface area contributed by atoms with Crippen molar-refractivity contribution in [2.45, 2.75) is 114 Å². The Morgan fingerprint density at radius 3 is 2.00 bits per heavy atom. The molecule has 2 aliphatic carbocycles. The molecule has 12 nitrogen and oxygen atoms in total. The van der Waals surface area contributed by atoms with Crippen molar-refractivity contribution in [1.29, 1.82) is 0 Å². The van der Waals surface area contributed by atoms with Gasteiger partial charge in [0.05, 0.1) is 12.5 Å². The van der Waals surface area contributed by atoms with Gasteiger partial charge in [-0.1, -0.05) is 40.0 Å². The topological polar surface area (TPSA) is 177 Å². The number of nitrogens with two attached hydrogens (primary N) is 1. The molecule has 2 saturated carbocycles. The van der Waals surface area contributed by atoms with Crippen LogP contribution < -0.4 is 21.7 Å². The Morgan fingerprint density at radius 1 is 0.957 bits per heavy atom. The molecule has 1 unspecified atom stereocenters. The summed E-state index contributed by atoms with van der Waals surface area (Å²) in [6, 6.07) is -7.31. The summed E-state index contributed by atoms with van der Waals surface area (Å²) in [5, 5.41) is 6.89. The molecule has 0 radical (unpaired) electrons. The number of primary amides is 1. The first-order chi connectivity index (χ1) is 20.8. The van der Waals surface area contributed by atoms with Crippen LogP contribution in [0.3, 0.4) is 0 Å². The number of hydrogen-bond donors (Lipinski definition) is 4. The van der Waals surface area contributed by atoms with Crippen molar-refractivity contribution in [1.82, 2.24) is 20.9 Å². The summed E-state index contributed by atoms with van der Waals surface area (Å²) >= 11 is 12.8. The standard InChI is InChI=1S/C29H42Cl2F3N5O7/c1-26(2,3)20(38-25(45)37-16(11-28(32,33)34)24(44)46-27(4,5)6)23(43)39-12-14-17(29(14,30)31)18(39)22(42)36-15(19(40)21(35)41)10-13-8-7-9-13/h13-18,20H,7-12H2,1-6H3,(H2,35,41)(H,36,42)(H2,37,38,45)/t14-,15?,16-,17-,18-,20+/m0/s1. The molecular weight excluding hydrogens is 658 g/mol. The van der Waals surface area contributed by atoms with E-state index in [9.17, 15) is 41.9 Å². The highest BCUT2D eigenvalue weighted by atomic mass is 35.5. The maximum absolute atomic E-state index is 14.0. The lowest BCUT2D eigenvalue weighted by Gasteiger charge is -2.38. The molecular formula is C29H42Cl2F3N5O7. The number of ketones is 1. The molecule has 0 bridgehead atoms. The van der Waals surface area contributed by atoms with Gasteiger partial charge in [0.15, 0.2) is 0 Å². The summed E-state index contributed by atoms with van der Waals surface area (Å²) in [6.45, 7) is 8.99.